The van der Waals surface area contributed by atoms with Crippen molar-refractivity contribution in [1.82, 2.24) is 19.9 Å². The van der Waals surface area contributed by atoms with Gasteiger partial charge in [-0.05, 0) is 12.1 Å². The van der Waals surface area contributed by atoms with Crippen molar-refractivity contribution in [2.75, 3.05) is 6.54 Å². The molecule has 4 rings (SSSR count). The van der Waals surface area contributed by atoms with E-state index in [2.05, 4.69) is 48.9 Å². The summed E-state index contributed by atoms with van der Waals surface area (Å²) in [5.41, 5.74) is 3.63. The summed E-state index contributed by atoms with van der Waals surface area (Å²) in [7, 11) is 0. The van der Waals surface area contributed by atoms with E-state index < -0.39 is 0 Å². The number of hydrogen-bond donors (Lipinski definition) is 1. The van der Waals surface area contributed by atoms with Gasteiger partial charge in [0.25, 0.3) is 5.56 Å². The van der Waals surface area contributed by atoms with Crippen molar-refractivity contribution in [1.29, 1.82) is 0 Å². The van der Waals surface area contributed by atoms with Crippen LogP contribution in [0, 0.1) is 0 Å². The van der Waals surface area contributed by atoms with E-state index in [4.69, 9.17) is 9.97 Å². The first kappa shape index (κ1) is 16.9. The maximum atomic E-state index is 12.6. The molecule has 1 aliphatic heterocycles. The number of rotatable bonds is 2. The van der Waals surface area contributed by atoms with E-state index in [1.807, 2.05) is 18.2 Å². The molecule has 0 amide bonds. The van der Waals surface area contributed by atoms with Crippen LogP contribution in [0.5, 0.6) is 0 Å². The van der Waals surface area contributed by atoms with Crippen LogP contribution in [0.15, 0.2) is 41.2 Å². The lowest BCUT2D eigenvalue weighted by atomic mass is 9.95. The number of hydrogen-bond acceptors (Lipinski definition) is 4. The second-order valence-electron chi connectivity index (χ2n) is 8.05. The first-order valence-electron chi connectivity index (χ1n) is 9.10. The van der Waals surface area contributed by atoms with Crippen LogP contribution in [0.1, 0.15) is 43.5 Å². The molecule has 0 spiro atoms. The topological polar surface area (TPSA) is 61.9 Å². The average molecular weight is 348 g/mol. The van der Waals surface area contributed by atoms with Gasteiger partial charge in [0, 0.05) is 36.9 Å². The minimum absolute atomic E-state index is 0.00362. The van der Waals surface area contributed by atoms with Crippen molar-refractivity contribution < 1.29 is 0 Å². The fraction of sp³-hybridized carbons (Fsp3) is 0.381. The number of para-hydroxylation sites is 1. The third-order valence-electron chi connectivity index (χ3n) is 4.90. The summed E-state index contributed by atoms with van der Waals surface area (Å²) in [6.45, 7) is 8.46. The molecule has 2 aromatic heterocycles. The Morgan fingerprint density at radius 2 is 1.92 bits per heavy atom. The number of fused-ring (bicyclic) bond motifs is 2. The zero-order valence-corrected chi connectivity index (χ0v) is 15.5. The smallest absolute Gasteiger partial charge is 0.255 e. The van der Waals surface area contributed by atoms with Gasteiger partial charge < -0.3 is 4.98 Å². The van der Waals surface area contributed by atoms with Crippen LogP contribution >= 0.6 is 0 Å². The highest BCUT2D eigenvalue weighted by atomic mass is 16.1. The first-order valence-corrected chi connectivity index (χ1v) is 9.10. The summed E-state index contributed by atoms with van der Waals surface area (Å²) >= 11 is 0. The molecule has 3 aromatic rings. The van der Waals surface area contributed by atoms with E-state index >= 15 is 0 Å². The van der Waals surface area contributed by atoms with Crippen molar-refractivity contribution in [2.45, 2.75) is 45.7 Å². The van der Waals surface area contributed by atoms with Crippen molar-refractivity contribution in [2.24, 2.45) is 0 Å². The number of benzene rings is 1. The van der Waals surface area contributed by atoms with E-state index in [1.54, 1.807) is 0 Å². The SMILES string of the molecule is CC(C)(C)c1nc2c(c(=O)[nH]1)CN(Cc1ccc3ccccc3n1)CC2. The number of H-pyrrole nitrogens is 1. The van der Waals surface area contributed by atoms with Gasteiger partial charge in [-0.1, -0.05) is 45.0 Å². The van der Waals surface area contributed by atoms with Crippen molar-refractivity contribution in [3.8, 4) is 0 Å². The molecule has 1 aromatic carbocycles. The Hall–Kier alpha value is -2.53. The Morgan fingerprint density at radius 1 is 1.12 bits per heavy atom. The maximum absolute atomic E-state index is 12.6. The van der Waals surface area contributed by atoms with E-state index in [9.17, 15) is 4.79 Å². The first-order chi connectivity index (χ1) is 12.4. The van der Waals surface area contributed by atoms with Gasteiger partial charge in [0.15, 0.2) is 0 Å². The fourth-order valence-electron chi connectivity index (χ4n) is 3.40. The quantitative estimate of drug-likeness (QED) is 0.773. The minimum Gasteiger partial charge on any atom is -0.310 e. The zero-order chi connectivity index (χ0) is 18.3. The zero-order valence-electron chi connectivity index (χ0n) is 15.5. The van der Waals surface area contributed by atoms with Crippen molar-refractivity contribution >= 4 is 10.9 Å². The molecule has 1 N–H and O–H groups in total. The molecule has 3 heterocycles. The average Bonchev–Trinajstić information content (AvgIpc) is 2.61. The Balaban J connectivity index is 1.57. The molecule has 0 atom stereocenters. The highest BCUT2D eigenvalue weighted by Crippen LogP contribution is 2.21. The largest absolute Gasteiger partial charge is 0.310 e. The predicted octanol–water partition coefficient (Wildman–Crippen LogP) is 3.17. The van der Waals surface area contributed by atoms with Gasteiger partial charge in [-0.3, -0.25) is 14.7 Å². The lowest BCUT2D eigenvalue weighted by Crippen LogP contribution is -2.37. The van der Waals surface area contributed by atoms with Gasteiger partial charge in [0.05, 0.1) is 22.5 Å². The summed E-state index contributed by atoms with van der Waals surface area (Å²) in [6, 6.07) is 12.3. The molecule has 0 unspecified atom stereocenters. The van der Waals surface area contributed by atoms with E-state index in [0.29, 0.717) is 6.54 Å². The van der Waals surface area contributed by atoms with Crippen molar-refractivity contribution in [3.05, 3.63) is 69.5 Å². The number of aromatic nitrogens is 3. The minimum atomic E-state index is -0.152. The highest BCUT2D eigenvalue weighted by Gasteiger charge is 2.25. The molecule has 0 radical (unpaired) electrons. The summed E-state index contributed by atoms with van der Waals surface area (Å²) < 4.78 is 0. The number of nitrogens with one attached hydrogen (secondary N) is 1. The summed E-state index contributed by atoms with van der Waals surface area (Å²) in [4.78, 5) is 27.3. The number of nitrogens with zero attached hydrogens (tertiary/aromatic N) is 3. The molecule has 0 saturated heterocycles. The van der Waals surface area contributed by atoms with Crippen LogP contribution in [0.3, 0.4) is 0 Å². The van der Waals surface area contributed by atoms with Crippen molar-refractivity contribution in [3.63, 3.8) is 0 Å². The molecule has 5 heteroatoms. The standard InChI is InChI=1S/C21H24N4O/c1-21(2,3)20-23-18-10-11-25(13-16(18)19(26)24-20)12-15-9-8-14-6-4-5-7-17(14)22-15/h4-9H,10-13H2,1-3H3,(H,23,24,26). The molecule has 26 heavy (non-hydrogen) atoms. The van der Waals surface area contributed by atoms with Crippen LogP contribution in [0.4, 0.5) is 0 Å². The van der Waals surface area contributed by atoms with Crippen LogP contribution < -0.4 is 5.56 Å². The van der Waals surface area contributed by atoms with Gasteiger partial charge in [-0.15, -0.1) is 0 Å². The number of pyridine rings is 1. The molecule has 5 nitrogen and oxygen atoms in total. The molecule has 0 bridgehead atoms. The Labute approximate surface area is 153 Å². The molecular weight excluding hydrogens is 324 g/mol. The second kappa shape index (κ2) is 6.32. The summed E-state index contributed by atoms with van der Waals surface area (Å²) in [5, 5.41) is 1.15. The third kappa shape index (κ3) is 3.27. The van der Waals surface area contributed by atoms with E-state index in [0.717, 1.165) is 53.2 Å². The highest BCUT2D eigenvalue weighted by molar-refractivity contribution is 5.78. The van der Waals surface area contributed by atoms with Crippen LogP contribution in [0.25, 0.3) is 10.9 Å². The summed E-state index contributed by atoms with van der Waals surface area (Å²) in [6.07, 6.45) is 0.802. The molecule has 0 saturated carbocycles. The predicted molar refractivity (Wildman–Crippen MR) is 103 cm³/mol. The van der Waals surface area contributed by atoms with Crippen LogP contribution in [-0.2, 0) is 24.9 Å². The van der Waals surface area contributed by atoms with E-state index in [1.165, 1.54) is 0 Å². The molecule has 134 valence electrons. The summed E-state index contributed by atoms with van der Waals surface area (Å²) in [5.74, 6) is 0.769. The van der Waals surface area contributed by atoms with Crippen LogP contribution in [0.2, 0.25) is 0 Å². The lowest BCUT2D eigenvalue weighted by molar-refractivity contribution is 0.238. The van der Waals surface area contributed by atoms with Gasteiger partial charge in [0.2, 0.25) is 0 Å². The normalized spacial score (nSPS) is 15.2. The molecule has 0 fully saturated rings. The Morgan fingerprint density at radius 3 is 2.73 bits per heavy atom. The second-order valence-corrected chi connectivity index (χ2v) is 8.05. The Bertz CT molecular complexity index is 1020. The number of aromatic amines is 1. The van der Waals surface area contributed by atoms with Gasteiger partial charge >= 0.3 is 0 Å². The molecule has 0 aliphatic carbocycles. The van der Waals surface area contributed by atoms with Gasteiger partial charge in [-0.2, -0.15) is 0 Å². The molecular formula is C21H24N4O. The fourth-order valence-corrected chi connectivity index (χ4v) is 3.40. The third-order valence-corrected chi connectivity index (χ3v) is 4.90. The van der Waals surface area contributed by atoms with Crippen LogP contribution in [-0.4, -0.2) is 26.4 Å². The van der Waals surface area contributed by atoms with Gasteiger partial charge in [-0.25, -0.2) is 4.98 Å². The van der Waals surface area contributed by atoms with E-state index in [-0.39, 0.29) is 11.0 Å². The maximum Gasteiger partial charge on any atom is 0.255 e. The monoisotopic (exact) mass is 348 g/mol. The lowest BCUT2D eigenvalue weighted by Gasteiger charge is -2.28. The molecule has 1 aliphatic rings. The Kier molecular flexibility index (Phi) is 4.11. The van der Waals surface area contributed by atoms with Gasteiger partial charge in [0.1, 0.15) is 5.82 Å².